The summed E-state index contributed by atoms with van der Waals surface area (Å²) in [4.78, 5) is 6.50. The van der Waals surface area contributed by atoms with Crippen molar-refractivity contribution in [3.63, 3.8) is 0 Å². The summed E-state index contributed by atoms with van der Waals surface area (Å²) in [5, 5.41) is 2.83. The summed E-state index contributed by atoms with van der Waals surface area (Å²) in [6.45, 7) is 2.80. The molecule has 0 bridgehead atoms. The van der Waals surface area contributed by atoms with Gasteiger partial charge in [0, 0.05) is 18.8 Å². The average molecular weight is 554 g/mol. The number of aliphatic imine (C=N–C) groups is 1. The lowest BCUT2D eigenvalue weighted by Gasteiger charge is -2.34. The summed E-state index contributed by atoms with van der Waals surface area (Å²) in [7, 11) is 0. The molecular formula is C20H23F4IN4O2. The van der Waals surface area contributed by atoms with E-state index < -0.39 is 6.36 Å². The zero-order valence-electron chi connectivity index (χ0n) is 16.4. The summed E-state index contributed by atoms with van der Waals surface area (Å²) in [6, 6.07) is 11.3. The van der Waals surface area contributed by atoms with Gasteiger partial charge in [-0.1, -0.05) is 12.1 Å². The van der Waals surface area contributed by atoms with Crippen LogP contribution in [0.5, 0.6) is 5.75 Å². The Kier molecular flexibility index (Phi) is 9.32. The number of anilines is 1. The molecule has 1 saturated heterocycles. The molecule has 170 valence electrons. The monoisotopic (exact) mass is 554 g/mol. The highest BCUT2D eigenvalue weighted by Crippen LogP contribution is 2.25. The Morgan fingerprint density at radius 1 is 1.16 bits per heavy atom. The fraction of sp³-hybridized carbons (Fsp3) is 0.350. The standard InChI is InChI=1S/C20H22F4N4O2.HI/c21-15-3-1-2-14(12-15)18(28-8-10-29-11-9-28)13-26-19(25)27-16-4-6-17(7-5-16)30-20(22,23)24;/h1-7,12,18H,8-11,13H2,(H3,25,26,27);1H. The average Bonchev–Trinajstić information content (AvgIpc) is 2.69. The van der Waals surface area contributed by atoms with Crippen LogP contribution in [-0.4, -0.2) is 50.1 Å². The molecule has 3 N–H and O–H groups in total. The van der Waals surface area contributed by atoms with Gasteiger partial charge in [0.1, 0.15) is 11.6 Å². The molecule has 1 atom stereocenters. The predicted molar refractivity (Wildman–Crippen MR) is 120 cm³/mol. The van der Waals surface area contributed by atoms with Crippen LogP contribution in [0.25, 0.3) is 0 Å². The second kappa shape index (κ2) is 11.5. The predicted octanol–water partition coefficient (Wildman–Crippen LogP) is 4.14. The molecular weight excluding hydrogens is 531 g/mol. The molecule has 0 saturated carbocycles. The highest BCUT2D eigenvalue weighted by Gasteiger charge is 2.31. The number of halogens is 5. The van der Waals surface area contributed by atoms with Gasteiger partial charge >= 0.3 is 6.36 Å². The molecule has 0 aromatic heterocycles. The van der Waals surface area contributed by atoms with Crippen LogP contribution in [0.2, 0.25) is 0 Å². The molecule has 6 nitrogen and oxygen atoms in total. The van der Waals surface area contributed by atoms with E-state index in [1.807, 2.05) is 6.07 Å². The minimum atomic E-state index is -4.75. The van der Waals surface area contributed by atoms with E-state index in [1.165, 1.54) is 36.4 Å². The SMILES string of the molecule is I.NC(=NCC(c1cccc(F)c1)N1CCOCC1)Nc1ccc(OC(F)(F)F)cc1. The highest BCUT2D eigenvalue weighted by molar-refractivity contribution is 14.0. The third-order valence-corrected chi connectivity index (χ3v) is 4.51. The van der Waals surface area contributed by atoms with Gasteiger partial charge in [-0.3, -0.25) is 9.89 Å². The molecule has 1 aliphatic heterocycles. The topological polar surface area (TPSA) is 72.1 Å². The lowest BCUT2D eigenvalue weighted by Crippen LogP contribution is -2.40. The quantitative estimate of drug-likeness (QED) is 0.243. The number of nitrogens with zero attached hydrogens (tertiary/aromatic N) is 2. The van der Waals surface area contributed by atoms with Gasteiger partial charge in [-0.2, -0.15) is 0 Å². The van der Waals surface area contributed by atoms with Crippen molar-refractivity contribution in [2.45, 2.75) is 12.4 Å². The Balaban J connectivity index is 0.00000341. The molecule has 11 heteroatoms. The van der Waals surface area contributed by atoms with Crippen molar-refractivity contribution < 1.29 is 27.0 Å². The summed E-state index contributed by atoms with van der Waals surface area (Å²) in [5.41, 5.74) is 7.18. The van der Waals surface area contributed by atoms with Gasteiger partial charge in [0.15, 0.2) is 5.96 Å². The third-order valence-electron chi connectivity index (χ3n) is 4.51. The number of rotatable bonds is 6. The number of morpholine rings is 1. The molecule has 0 aliphatic carbocycles. The third kappa shape index (κ3) is 8.15. The van der Waals surface area contributed by atoms with E-state index in [0.29, 0.717) is 32.0 Å². The van der Waals surface area contributed by atoms with Crippen LogP contribution in [0.4, 0.5) is 23.2 Å². The van der Waals surface area contributed by atoms with Crippen molar-refractivity contribution in [1.29, 1.82) is 0 Å². The van der Waals surface area contributed by atoms with Crippen molar-refractivity contribution in [2.75, 3.05) is 38.2 Å². The molecule has 1 heterocycles. The second-order valence-electron chi connectivity index (χ2n) is 6.64. The number of hydrogen-bond donors (Lipinski definition) is 2. The second-order valence-corrected chi connectivity index (χ2v) is 6.64. The summed E-state index contributed by atoms with van der Waals surface area (Å²) < 4.78 is 59.6. The van der Waals surface area contributed by atoms with Crippen LogP contribution >= 0.6 is 24.0 Å². The molecule has 31 heavy (non-hydrogen) atoms. The fourth-order valence-electron chi connectivity index (χ4n) is 3.15. The largest absolute Gasteiger partial charge is 0.573 e. The van der Waals surface area contributed by atoms with Crippen LogP contribution < -0.4 is 15.8 Å². The van der Waals surface area contributed by atoms with Crippen LogP contribution in [0.1, 0.15) is 11.6 Å². The van der Waals surface area contributed by atoms with Gasteiger partial charge in [0.25, 0.3) is 0 Å². The Labute approximate surface area is 194 Å². The molecule has 2 aromatic rings. The van der Waals surface area contributed by atoms with Gasteiger partial charge in [-0.05, 0) is 42.0 Å². The normalized spacial score (nSPS) is 16.3. The van der Waals surface area contributed by atoms with E-state index in [0.717, 1.165) is 5.56 Å². The fourth-order valence-corrected chi connectivity index (χ4v) is 3.15. The van der Waals surface area contributed by atoms with Crippen molar-refractivity contribution in [3.05, 3.63) is 59.9 Å². The van der Waals surface area contributed by atoms with Gasteiger partial charge in [-0.25, -0.2) is 4.39 Å². The van der Waals surface area contributed by atoms with E-state index in [-0.39, 0.29) is 54.1 Å². The number of alkyl halides is 3. The van der Waals surface area contributed by atoms with Gasteiger partial charge in [-0.15, -0.1) is 37.1 Å². The molecule has 0 amide bonds. The number of ether oxygens (including phenoxy) is 2. The maximum absolute atomic E-state index is 13.7. The van der Waals surface area contributed by atoms with E-state index in [9.17, 15) is 17.6 Å². The van der Waals surface area contributed by atoms with E-state index in [4.69, 9.17) is 10.5 Å². The van der Waals surface area contributed by atoms with Gasteiger partial charge in [0.2, 0.25) is 0 Å². The summed E-state index contributed by atoms with van der Waals surface area (Å²) in [6.07, 6.45) is -4.75. The Bertz CT molecular complexity index is 859. The molecule has 0 radical (unpaired) electrons. The maximum atomic E-state index is 13.7. The molecule has 1 fully saturated rings. The smallest absolute Gasteiger partial charge is 0.406 e. The number of nitrogens with one attached hydrogen (secondary N) is 1. The van der Waals surface area contributed by atoms with Crippen molar-refractivity contribution >= 4 is 35.6 Å². The van der Waals surface area contributed by atoms with Gasteiger partial charge < -0.3 is 20.5 Å². The van der Waals surface area contributed by atoms with Gasteiger partial charge in [0.05, 0.1) is 25.8 Å². The lowest BCUT2D eigenvalue weighted by molar-refractivity contribution is -0.274. The van der Waals surface area contributed by atoms with E-state index >= 15 is 0 Å². The molecule has 1 unspecified atom stereocenters. The minimum absolute atomic E-state index is 0. The molecule has 3 rings (SSSR count). The lowest BCUT2D eigenvalue weighted by atomic mass is 10.0. The van der Waals surface area contributed by atoms with E-state index in [1.54, 1.807) is 6.07 Å². The first-order valence-electron chi connectivity index (χ1n) is 9.30. The molecule has 0 spiro atoms. The van der Waals surface area contributed by atoms with Crippen LogP contribution in [0.3, 0.4) is 0 Å². The Morgan fingerprint density at radius 2 is 1.84 bits per heavy atom. The van der Waals surface area contributed by atoms with Crippen LogP contribution in [0.15, 0.2) is 53.5 Å². The summed E-state index contributed by atoms with van der Waals surface area (Å²) in [5.74, 6) is -0.571. The number of hydrogen-bond acceptors (Lipinski definition) is 4. The van der Waals surface area contributed by atoms with Crippen LogP contribution in [-0.2, 0) is 4.74 Å². The number of nitrogens with two attached hydrogens (primary N) is 1. The molecule has 1 aliphatic rings. The van der Waals surface area contributed by atoms with Crippen LogP contribution in [0, 0.1) is 5.82 Å². The van der Waals surface area contributed by atoms with E-state index in [2.05, 4.69) is 19.9 Å². The Morgan fingerprint density at radius 3 is 2.45 bits per heavy atom. The number of guanidine groups is 1. The number of benzene rings is 2. The minimum Gasteiger partial charge on any atom is -0.406 e. The first kappa shape index (κ1) is 25.1. The zero-order valence-corrected chi connectivity index (χ0v) is 18.8. The summed E-state index contributed by atoms with van der Waals surface area (Å²) >= 11 is 0. The first-order valence-corrected chi connectivity index (χ1v) is 9.30. The highest BCUT2D eigenvalue weighted by atomic mass is 127. The Hall–Kier alpha value is -2.12. The van der Waals surface area contributed by atoms with Crippen molar-refractivity contribution in [3.8, 4) is 5.75 Å². The van der Waals surface area contributed by atoms with Crippen molar-refractivity contribution in [2.24, 2.45) is 10.7 Å². The molecule has 2 aromatic carbocycles. The van der Waals surface area contributed by atoms with Crippen molar-refractivity contribution in [1.82, 2.24) is 4.90 Å². The maximum Gasteiger partial charge on any atom is 0.573 e. The first-order chi connectivity index (χ1) is 14.3. The zero-order chi connectivity index (χ0) is 21.6.